The SMILES string of the molecule is COc1ccccc1NS(=O)(=O)c1ccc(/C=C/C(=O)Nc2ccc3c(c2)CCC3)cc1. The topological polar surface area (TPSA) is 84.5 Å². The van der Waals surface area contributed by atoms with E-state index in [2.05, 4.69) is 16.1 Å². The maximum Gasteiger partial charge on any atom is 0.262 e. The van der Waals surface area contributed by atoms with Crippen LogP contribution >= 0.6 is 0 Å². The summed E-state index contributed by atoms with van der Waals surface area (Å²) in [5.74, 6) is 0.197. The summed E-state index contributed by atoms with van der Waals surface area (Å²) in [5.41, 5.74) is 4.51. The first kappa shape index (κ1) is 21.6. The fourth-order valence-electron chi connectivity index (χ4n) is 3.70. The van der Waals surface area contributed by atoms with Crippen LogP contribution < -0.4 is 14.8 Å². The number of sulfonamides is 1. The number of carbonyl (C=O) groups excluding carboxylic acids is 1. The number of para-hydroxylation sites is 2. The molecule has 0 spiro atoms. The van der Waals surface area contributed by atoms with Gasteiger partial charge in [0.1, 0.15) is 5.75 Å². The normalized spacial score (nSPS) is 13.0. The lowest BCUT2D eigenvalue weighted by atomic mass is 10.1. The van der Waals surface area contributed by atoms with Gasteiger partial charge in [-0.25, -0.2) is 8.42 Å². The van der Waals surface area contributed by atoms with Crippen LogP contribution in [0.25, 0.3) is 6.08 Å². The fourth-order valence-corrected chi connectivity index (χ4v) is 4.77. The van der Waals surface area contributed by atoms with Gasteiger partial charge in [0, 0.05) is 11.8 Å². The van der Waals surface area contributed by atoms with Crippen LogP contribution in [0, 0.1) is 0 Å². The summed E-state index contributed by atoms with van der Waals surface area (Å²) in [4.78, 5) is 12.4. The Morgan fingerprint density at radius 1 is 0.969 bits per heavy atom. The van der Waals surface area contributed by atoms with Gasteiger partial charge in [0.25, 0.3) is 10.0 Å². The maximum absolute atomic E-state index is 12.7. The summed E-state index contributed by atoms with van der Waals surface area (Å²) in [6.45, 7) is 0. The standard InChI is InChI=1S/C25H24N2O4S/c1-31-24-8-3-2-7-23(24)27-32(29,30)22-14-9-18(10-15-22)11-16-25(28)26-21-13-12-19-5-4-6-20(19)17-21/h2-3,7-17,27H,4-6H2,1H3,(H,26,28)/b16-11+. The van der Waals surface area contributed by atoms with Crippen LogP contribution in [0.15, 0.2) is 77.7 Å². The van der Waals surface area contributed by atoms with Gasteiger partial charge in [-0.15, -0.1) is 0 Å². The average molecular weight is 449 g/mol. The molecule has 7 heteroatoms. The molecule has 0 saturated carbocycles. The van der Waals surface area contributed by atoms with Gasteiger partial charge in [-0.1, -0.05) is 30.3 Å². The number of benzene rings is 3. The molecule has 164 valence electrons. The molecule has 0 aromatic heterocycles. The van der Waals surface area contributed by atoms with Gasteiger partial charge in [0.15, 0.2) is 0 Å². The highest BCUT2D eigenvalue weighted by Crippen LogP contribution is 2.27. The number of hydrogen-bond acceptors (Lipinski definition) is 4. The molecule has 1 aliphatic rings. The van der Waals surface area contributed by atoms with Crippen molar-refractivity contribution in [3.8, 4) is 5.75 Å². The number of ether oxygens (including phenoxy) is 1. The Kier molecular flexibility index (Phi) is 6.28. The molecule has 1 amide bonds. The minimum atomic E-state index is -3.77. The van der Waals surface area contributed by atoms with Gasteiger partial charge in [-0.05, 0) is 78.4 Å². The van der Waals surface area contributed by atoms with Crippen LogP contribution in [-0.4, -0.2) is 21.4 Å². The Labute approximate surface area is 188 Å². The zero-order valence-corrected chi connectivity index (χ0v) is 18.5. The van der Waals surface area contributed by atoms with E-state index in [0.717, 1.165) is 24.9 Å². The number of aryl methyl sites for hydroxylation is 2. The highest BCUT2D eigenvalue weighted by Gasteiger charge is 2.16. The van der Waals surface area contributed by atoms with Crippen LogP contribution in [0.4, 0.5) is 11.4 Å². The lowest BCUT2D eigenvalue weighted by Crippen LogP contribution is -2.13. The largest absolute Gasteiger partial charge is 0.495 e. The molecule has 2 N–H and O–H groups in total. The maximum atomic E-state index is 12.7. The lowest BCUT2D eigenvalue weighted by molar-refractivity contribution is -0.111. The lowest BCUT2D eigenvalue weighted by Gasteiger charge is -2.11. The zero-order chi connectivity index (χ0) is 22.6. The van der Waals surface area contributed by atoms with Gasteiger partial charge < -0.3 is 10.1 Å². The van der Waals surface area contributed by atoms with E-state index in [0.29, 0.717) is 17.0 Å². The third-order valence-corrected chi connectivity index (χ3v) is 6.72. The Bertz CT molecular complexity index is 1270. The highest BCUT2D eigenvalue weighted by atomic mass is 32.2. The number of methoxy groups -OCH3 is 1. The van der Waals surface area contributed by atoms with Gasteiger partial charge in [-0.3, -0.25) is 9.52 Å². The predicted octanol–water partition coefficient (Wildman–Crippen LogP) is 4.64. The molecule has 0 atom stereocenters. The van der Waals surface area contributed by atoms with Crippen molar-refractivity contribution in [3.63, 3.8) is 0 Å². The zero-order valence-electron chi connectivity index (χ0n) is 17.7. The molecule has 32 heavy (non-hydrogen) atoms. The summed E-state index contributed by atoms with van der Waals surface area (Å²) < 4.78 is 33.1. The van der Waals surface area contributed by atoms with Crippen molar-refractivity contribution in [3.05, 3.63) is 89.5 Å². The molecule has 0 saturated heterocycles. The molecule has 0 unspecified atom stereocenters. The molecule has 0 heterocycles. The van der Waals surface area contributed by atoms with Crippen LogP contribution in [0.5, 0.6) is 5.75 Å². The number of anilines is 2. The Morgan fingerprint density at radius 3 is 2.50 bits per heavy atom. The molecule has 4 rings (SSSR count). The van der Waals surface area contributed by atoms with Crippen molar-refractivity contribution in [2.24, 2.45) is 0 Å². The molecule has 6 nitrogen and oxygen atoms in total. The second-order valence-corrected chi connectivity index (χ2v) is 9.22. The van der Waals surface area contributed by atoms with Gasteiger partial charge in [-0.2, -0.15) is 0 Å². The van der Waals surface area contributed by atoms with Gasteiger partial charge in [0.05, 0.1) is 17.7 Å². The Morgan fingerprint density at radius 2 is 1.72 bits per heavy atom. The summed E-state index contributed by atoms with van der Waals surface area (Å²) in [7, 11) is -2.29. The minimum Gasteiger partial charge on any atom is -0.495 e. The summed E-state index contributed by atoms with van der Waals surface area (Å²) in [6.07, 6.45) is 6.39. The van der Waals surface area contributed by atoms with E-state index in [1.165, 1.54) is 36.4 Å². The molecule has 3 aromatic carbocycles. The van der Waals surface area contributed by atoms with Gasteiger partial charge >= 0.3 is 0 Å². The van der Waals surface area contributed by atoms with Crippen molar-refractivity contribution in [1.82, 2.24) is 0 Å². The monoisotopic (exact) mass is 448 g/mol. The summed E-state index contributed by atoms with van der Waals surface area (Å²) in [5, 5.41) is 2.87. The summed E-state index contributed by atoms with van der Waals surface area (Å²) in [6, 6.07) is 19.1. The van der Waals surface area contributed by atoms with Crippen molar-refractivity contribution < 1.29 is 17.9 Å². The van der Waals surface area contributed by atoms with Crippen LogP contribution in [0.2, 0.25) is 0 Å². The highest BCUT2D eigenvalue weighted by molar-refractivity contribution is 7.92. The first-order chi connectivity index (χ1) is 15.4. The second-order valence-electron chi connectivity index (χ2n) is 7.53. The van der Waals surface area contributed by atoms with E-state index in [4.69, 9.17) is 4.74 Å². The quantitative estimate of drug-likeness (QED) is 0.516. The molecular formula is C25H24N2O4S. The predicted molar refractivity (Wildman–Crippen MR) is 126 cm³/mol. The number of rotatable bonds is 7. The van der Waals surface area contributed by atoms with E-state index in [1.807, 2.05) is 12.1 Å². The van der Waals surface area contributed by atoms with Crippen molar-refractivity contribution >= 4 is 33.4 Å². The molecule has 0 bridgehead atoms. The average Bonchev–Trinajstić information content (AvgIpc) is 3.26. The molecule has 0 fully saturated rings. The third-order valence-electron chi connectivity index (χ3n) is 5.33. The van der Waals surface area contributed by atoms with E-state index in [9.17, 15) is 13.2 Å². The Balaban J connectivity index is 1.40. The number of nitrogens with one attached hydrogen (secondary N) is 2. The van der Waals surface area contributed by atoms with E-state index in [-0.39, 0.29) is 10.8 Å². The van der Waals surface area contributed by atoms with E-state index in [1.54, 1.807) is 42.5 Å². The smallest absolute Gasteiger partial charge is 0.262 e. The summed E-state index contributed by atoms with van der Waals surface area (Å²) >= 11 is 0. The second kappa shape index (κ2) is 9.28. The van der Waals surface area contributed by atoms with Crippen LogP contribution in [0.3, 0.4) is 0 Å². The third kappa shape index (κ3) is 5.00. The molecule has 3 aromatic rings. The van der Waals surface area contributed by atoms with Crippen molar-refractivity contribution in [2.75, 3.05) is 17.1 Å². The number of carbonyl (C=O) groups is 1. The first-order valence-electron chi connectivity index (χ1n) is 10.3. The number of fused-ring (bicyclic) bond motifs is 1. The van der Waals surface area contributed by atoms with Crippen molar-refractivity contribution in [2.45, 2.75) is 24.2 Å². The van der Waals surface area contributed by atoms with Crippen LogP contribution in [-0.2, 0) is 27.7 Å². The number of hydrogen-bond donors (Lipinski definition) is 2. The fraction of sp³-hybridized carbons (Fsp3) is 0.160. The first-order valence-corrected chi connectivity index (χ1v) is 11.8. The Hall–Kier alpha value is -3.58. The molecule has 0 aliphatic heterocycles. The van der Waals surface area contributed by atoms with Gasteiger partial charge in [0.2, 0.25) is 5.91 Å². The molecular weight excluding hydrogens is 424 g/mol. The molecule has 1 aliphatic carbocycles. The number of amides is 1. The van der Waals surface area contributed by atoms with E-state index < -0.39 is 10.0 Å². The minimum absolute atomic E-state index is 0.114. The van der Waals surface area contributed by atoms with Crippen LogP contribution in [0.1, 0.15) is 23.1 Å². The van der Waals surface area contributed by atoms with E-state index >= 15 is 0 Å². The van der Waals surface area contributed by atoms with Crippen molar-refractivity contribution in [1.29, 1.82) is 0 Å². The molecule has 0 radical (unpaired) electrons.